The number of hydrogen-bond donors (Lipinski definition) is 2. The summed E-state index contributed by atoms with van der Waals surface area (Å²) in [4.78, 5) is 35.4. The van der Waals surface area contributed by atoms with Crippen molar-refractivity contribution in [3.63, 3.8) is 0 Å². The van der Waals surface area contributed by atoms with Crippen molar-refractivity contribution < 1.29 is 22.8 Å². The number of urea groups is 1. The van der Waals surface area contributed by atoms with Crippen LogP contribution in [0.5, 0.6) is 0 Å². The summed E-state index contributed by atoms with van der Waals surface area (Å²) in [5, 5.41) is 6.83. The Morgan fingerprint density at radius 2 is 1.88 bits per heavy atom. The number of barbiturate groups is 1. The zero-order chi connectivity index (χ0) is 12.8. The van der Waals surface area contributed by atoms with Gasteiger partial charge in [-0.25, -0.2) is 18.4 Å². The smallest absolute Gasteiger partial charge is 0.277 e. The third-order valence-corrected chi connectivity index (χ3v) is 3.66. The molecule has 1 heterocycles. The van der Waals surface area contributed by atoms with Crippen LogP contribution in [0.25, 0.3) is 0 Å². The first-order chi connectivity index (χ1) is 7.76. The summed E-state index contributed by atoms with van der Waals surface area (Å²) in [6.45, 7) is -0.335. The molecule has 8 nitrogen and oxygen atoms in total. The molecule has 4 amide bonds. The fourth-order valence-corrected chi connectivity index (χ4v) is 2.16. The van der Waals surface area contributed by atoms with E-state index in [1.165, 1.54) is 0 Å². The third-order valence-electron chi connectivity index (χ3n) is 2.90. The first kappa shape index (κ1) is 12.0. The van der Waals surface area contributed by atoms with Gasteiger partial charge < -0.3 is 0 Å². The van der Waals surface area contributed by atoms with Crippen molar-refractivity contribution >= 4 is 27.9 Å². The first-order valence-corrected chi connectivity index (χ1v) is 6.66. The molecule has 3 N–H and O–H groups in total. The van der Waals surface area contributed by atoms with E-state index in [0.29, 0.717) is 12.8 Å². The zero-order valence-corrected chi connectivity index (χ0v) is 9.62. The molecule has 0 unspecified atom stereocenters. The Morgan fingerprint density at radius 1 is 1.29 bits per heavy atom. The van der Waals surface area contributed by atoms with Gasteiger partial charge in [-0.1, -0.05) is 0 Å². The van der Waals surface area contributed by atoms with Gasteiger partial charge >= 0.3 is 6.03 Å². The Bertz CT molecular complexity index is 507. The van der Waals surface area contributed by atoms with Gasteiger partial charge in [-0.2, -0.15) is 0 Å². The second-order valence-electron chi connectivity index (χ2n) is 4.17. The monoisotopic (exact) mass is 261 g/mol. The molecule has 2 fully saturated rings. The lowest BCUT2D eigenvalue weighted by Gasteiger charge is -2.29. The predicted molar refractivity (Wildman–Crippen MR) is 54.9 cm³/mol. The Labute approximate surface area is 97.2 Å². The summed E-state index contributed by atoms with van der Waals surface area (Å²) >= 11 is 0. The van der Waals surface area contributed by atoms with Crippen molar-refractivity contribution in [3.05, 3.63) is 0 Å². The molecule has 94 valence electrons. The molecule has 1 spiro atoms. The minimum absolute atomic E-state index is 0.335. The molecule has 17 heavy (non-hydrogen) atoms. The average molecular weight is 261 g/mol. The summed E-state index contributed by atoms with van der Waals surface area (Å²) in [6, 6.07) is -0.888. The Hall–Kier alpha value is -1.48. The molecule has 1 saturated heterocycles. The maximum absolute atomic E-state index is 11.9. The molecule has 0 aromatic heterocycles. The van der Waals surface area contributed by atoms with Crippen LogP contribution >= 0.6 is 0 Å². The van der Waals surface area contributed by atoms with E-state index in [-0.39, 0.29) is 6.54 Å². The van der Waals surface area contributed by atoms with E-state index in [4.69, 9.17) is 5.14 Å². The molecule has 0 radical (unpaired) electrons. The quantitative estimate of drug-likeness (QED) is 0.575. The van der Waals surface area contributed by atoms with Crippen LogP contribution in [-0.4, -0.2) is 43.5 Å². The number of rotatable bonds is 3. The van der Waals surface area contributed by atoms with Gasteiger partial charge in [0.1, 0.15) is 5.41 Å². The van der Waals surface area contributed by atoms with Gasteiger partial charge in [-0.3, -0.25) is 19.8 Å². The number of nitrogens with two attached hydrogens (primary N) is 1. The summed E-state index contributed by atoms with van der Waals surface area (Å²) in [7, 11) is -3.76. The fourth-order valence-electron chi connectivity index (χ4n) is 1.72. The van der Waals surface area contributed by atoms with Crippen molar-refractivity contribution in [2.45, 2.75) is 12.8 Å². The normalized spacial score (nSPS) is 22.9. The minimum atomic E-state index is -3.76. The Balaban J connectivity index is 2.14. The molecule has 1 saturated carbocycles. The lowest BCUT2D eigenvalue weighted by atomic mass is 10.0. The van der Waals surface area contributed by atoms with Crippen LogP contribution in [0.2, 0.25) is 0 Å². The number of primary sulfonamides is 1. The summed E-state index contributed by atoms with van der Waals surface area (Å²) in [5.74, 6) is -1.74. The van der Waals surface area contributed by atoms with Crippen LogP contribution in [-0.2, 0) is 19.6 Å². The Morgan fingerprint density at radius 3 is 2.35 bits per heavy atom. The number of hydrogen-bond acceptors (Lipinski definition) is 5. The highest BCUT2D eigenvalue weighted by Gasteiger charge is 2.62. The van der Waals surface area contributed by atoms with Gasteiger partial charge in [-0.15, -0.1) is 0 Å². The van der Waals surface area contributed by atoms with Gasteiger partial charge in [0.25, 0.3) is 0 Å². The predicted octanol–water partition coefficient (Wildman–Crippen LogP) is -1.87. The van der Waals surface area contributed by atoms with E-state index in [1.54, 1.807) is 0 Å². The van der Waals surface area contributed by atoms with Gasteiger partial charge in [-0.05, 0) is 12.8 Å². The SMILES string of the molecule is NS(=O)(=O)CCN1C(=O)NC(=O)C2(CC2)C1=O. The van der Waals surface area contributed by atoms with E-state index >= 15 is 0 Å². The lowest BCUT2D eigenvalue weighted by molar-refractivity contribution is -0.144. The molecule has 2 rings (SSSR count). The highest BCUT2D eigenvalue weighted by Crippen LogP contribution is 2.48. The van der Waals surface area contributed by atoms with Crippen molar-refractivity contribution in [1.29, 1.82) is 0 Å². The maximum atomic E-state index is 11.9. The first-order valence-electron chi connectivity index (χ1n) is 4.94. The highest BCUT2D eigenvalue weighted by atomic mass is 32.2. The second-order valence-corrected chi connectivity index (χ2v) is 5.90. The van der Waals surface area contributed by atoms with Crippen LogP contribution in [0.1, 0.15) is 12.8 Å². The molecule has 0 aromatic rings. The molecule has 2 aliphatic rings. The van der Waals surface area contributed by atoms with E-state index in [0.717, 1.165) is 4.90 Å². The topological polar surface area (TPSA) is 127 Å². The van der Waals surface area contributed by atoms with E-state index in [9.17, 15) is 22.8 Å². The molecular weight excluding hydrogens is 250 g/mol. The molecule has 9 heteroatoms. The molecule has 0 bridgehead atoms. The number of carbonyl (C=O) groups excluding carboxylic acids is 3. The lowest BCUT2D eigenvalue weighted by Crippen LogP contribution is -2.60. The van der Waals surface area contributed by atoms with E-state index < -0.39 is 39.0 Å². The van der Waals surface area contributed by atoms with Gasteiger partial charge in [0.05, 0.1) is 5.75 Å². The van der Waals surface area contributed by atoms with Gasteiger partial charge in [0, 0.05) is 6.54 Å². The fraction of sp³-hybridized carbons (Fsp3) is 0.625. The van der Waals surface area contributed by atoms with Gasteiger partial charge in [0.2, 0.25) is 21.8 Å². The summed E-state index contributed by atoms with van der Waals surface area (Å²) in [5.41, 5.74) is -1.15. The largest absolute Gasteiger partial charge is 0.330 e. The van der Waals surface area contributed by atoms with Crippen LogP contribution in [0.15, 0.2) is 0 Å². The second kappa shape index (κ2) is 3.50. The number of nitrogens with one attached hydrogen (secondary N) is 1. The van der Waals surface area contributed by atoms with Gasteiger partial charge in [0.15, 0.2) is 0 Å². The summed E-state index contributed by atoms with van der Waals surface area (Å²) in [6.07, 6.45) is 0.771. The molecule has 0 aromatic carbocycles. The van der Waals surface area contributed by atoms with Crippen LogP contribution < -0.4 is 10.5 Å². The summed E-state index contributed by atoms with van der Waals surface area (Å²) < 4.78 is 21.5. The molecule has 1 aliphatic carbocycles. The minimum Gasteiger partial charge on any atom is -0.277 e. The molecule has 0 atom stereocenters. The van der Waals surface area contributed by atoms with E-state index in [2.05, 4.69) is 0 Å². The average Bonchev–Trinajstić information content (AvgIpc) is 2.94. The number of imide groups is 2. The highest BCUT2D eigenvalue weighted by molar-refractivity contribution is 7.89. The van der Waals surface area contributed by atoms with Crippen LogP contribution in [0.4, 0.5) is 4.79 Å². The van der Waals surface area contributed by atoms with Crippen molar-refractivity contribution in [1.82, 2.24) is 10.2 Å². The number of carbonyl (C=O) groups is 3. The number of sulfonamides is 1. The maximum Gasteiger partial charge on any atom is 0.330 e. The number of nitrogens with zero attached hydrogens (tertiary/aromatic N) is 1. The van der Waals surface area contributed by atoms with Crippen LogP contribution in [0, 0.1) is 5.41 Å². The van der Waals surface area contributed by atoms with Crippen LogP contribution in [0.3, 0.4) is 0 Å². The zero-order valence-electron chi connectivity index (χ0n) is 8.80. The molecule has 1 aliphatic heterocycles. The van der Waals surface area contributed by atoms with Crippen molar-refractivity contribution in [2.24, 2.45) is 10.6 Å². The third kappa shape index (κ3) is 2.03. The van der Waals surface area contributed by atoms with Crippen molar-refractivity contribution in [2.75, 3.05) is 12.3 Å². The van der Waals surface area contributed by atoms with Crippen molar-refractivity contribution in [3.8, 4) is 0 Å². The molecular formula is C8H11N3O5S. The standard InChI is InChI=1S/C8H11N3O5S/c9-17(15,16)4-3-11-6(13)8(1-2-8)5(12)10-7(11)14/h1-4H2,(H2,9,15,16)(H,10,12,14). The number of amides is 4. The Kier molecular flexibility index (Phi) is 2.47. The van der Waals surface area contributed by atoms with E-state index in [1.807, 2.05) is 5.32 Å².